The number of fused-ring (bicyclic) bond motifs is 1. The third kappa shape index (κ3) is 7.53. The number of anilines is 1. The minimum absolute atomic E-state index is 0.0509. The Kier molecular flexibility index (Phi) is 9.80. The van der Waals surface area contributed by atoms with Gasteiger partial charge in [0.1, 0.15) is 0 Å². The van der Waals surface area contributed by atoms with Crippen molar-refractivity contribution in [1.29, 1.82) is 5.53 Å². The molecule has 1 aliphatic heterocycles. The second-order valence-corrected chi connectivity index (χ2v) is 10.7. The van der Waals surface area contributed by atoms with E-state index in [1.54, 1.807) is 27.7 Å². The predicted molar refractivity (Wildman–Crippen MR) is 140 cm³/mol. The molecule has 1 amide bonds. The van der Waals surface area contributed by atoms with Gasteiger partial charge in [-0.25, -0.2) is 10.3 Å². The number of alkyl halides is 9. The highest BCUT2D eigenvalue weighted by Crippen LogP contribution is 2.46. The lowest BCUT2D eigenvalue weighted by Gasteiger charge is -2.46. The van der Waals surface area contributed by atoms with E-state index in [1.165, 1.54) is 0 Å². The standard InChI is InChI=1S/C27H29F9N6O2/c1-13(2)21-11-22(19-10-16(25(28,29)30)5-6-20(19)42(21)24(43)44-14(3)4)41(23(39-37)40-38)12-15-7-17(26(31,32)33)9-18(8-15)27(34,35)36/h5-10,13-14,21-22,37H,11-12,38H2,1-4H3/b39-37?,40-23+/t21-,22-/m0/s1. The number of amides is 1. The highest BCUT2D eigenvalue weighted by molar-refractivity contribution is 5.91. The number of nitrogens with two attached hydrogens (primary N) is 1. The first kappa shape index (κ1) is 34.4. The fraction of sp³-hybridized carbons (Fsp3) is 0.481. The number of benzene rings is 2. The zero-order chi connectivity index (χ0) is 33.4. The SMILES string of the molecule is CC(C)OC(=O)N1c2ccc(C(F)(F)F)cc2[C@@H](N(Cc2cc(C(F)(F)F)cc(C(F)(F)F)c2)/C(N=N)=N/N)C[C@H]1C(C)C. The Morgan fingerprint density at radius 1 is 0.955 bits per heavy atom. The summed E-state index contributed by atoms with van der Waals surface area (Å²) in [5.74, 6) is 4.32. The molecule has 2 atom stereocenters. The molecular weight excluding hydrogens is 611 g/mol. The van der Waals surface area contributed by atoms with Gasteiger partial charge in [0.05, 0.1) is 34.5 Å². The van der Waals surface area contributed by atoms with Gasteiger partial charge in [0.15, 0.2) is 0 Å². The van der Waals surface area contributed by atoms with Crippen molar-refractivity contribution in [2.45, 2.75) is 77.4 Å². The Labute approximate surface area is 246 Å². The Balaban J connectivity index is 2.31. The van der Waals surface area contributed by atoms with Gasteiger partial charge in [0.2, 0.25) is 0 Å². The van der Waals surface area contributed by atoms with Crippen LogP contribution in [0.15, 0.2) is 46.6 Å². The number of nitrogens with one attached hydrogen (secondary N) is 1. The van der Waals surface area contributed by atoms with Crippen molar-refractivity contribution < 1.29 is 49.0 Å². The summed E-state index contributed by atoms with van der Waals surface area (Å²) in [7, 11) is 0. The molecule has 2 aromatic carbocycles. The number of nitrogens with zero attached hydrogens (tertiary/aromatic N) is 4. The van der Waals surface area contributed by atoms with Crippen LogP contribution in [-0.4, -0.2) is 29.1 Å². The van der Waals surface area contributed by atoms with E-state index in [2.05, 4.69) is 10.2 Å². The fourth-order valence-electron chi connectivity index (χ4n) is 5.01. The van der Waals surface area contributed by atoms with Gasteiger partial charge in [-0.1, -0.05) is 13.8 Å². The highest BCUT2D eigenvalue weighted by atomic mass is 19.4. The first-order valence-corrected chi connectivity index (χ1v) is 13.1. The molecule has 8 nitrogen and oxygen atoms in total. The molecule has 0 saturated heterocycles. The van der Waals surface area contributed by atoms with Crippen LogP contribution in [0.2, 0.25) is 0 Å². The maximum Gasteiger partial charge on any atom is 0.416 e. The molecule has 242 valence electrons. The number of guanidine groups is 1. The summed E-state index contributed by atoms with van der Waals surface area (Å²) < 4.78 is 128. The normalized spacial score (nSPS) is 18.0. The van der Waals surface area contributed by atoms with Crippen LogP contribution in [0.25, 0.3) is 0 Å². The van der Waals surface area contributed by atoms with Gasteiger partial charge >= 0.3 is 24.6 Å². The molecule has 2 aromatic rings. The van der Waals surface area contributed by atoms with E-state index in [1.807, 2.05) is 0 Å². The van der Waals surface area contributed by atoms with Crippen molar-refractivity contribution in [2.24, 2.45) is 22.0 Å². The summed E-state index contributed by atoms with van der Waals surface area (Å²) in [4.78, 5) is 15.3. The lowest BCUT2D eigenvalue weighted by Crippen LogP contribution is -2.51. The molecule has 3 N–H and O–H groups in total. The van der Waals surface area contributed by atoms with Gasteiger partial charge in [-0.2, -0.15) is 39.5 Å². The summed E-state index contributed by atoms with van der Waals surface area (Å²) in [5.41, 5.74) is 2.36. The Hall–Kier alpha value is -4.05. The summed E-state index contributed by atoms with van der Waals surface area (Å²) in [6, 6.07) is 1.20. The van der Waals surface area contributed by atoms with E-state index < -0.39 is 77.6 Å². The van der Waals surface area contributed by atoms with Gasteiger partial charge in [-0.3, -0.25) is 4.90 Å². The Morgan fingerprint density at radius 3 is 1.93 bits per heavy atom. The van der Waals surface area contributed by atoms with E-state index in [9.17, 15) is 44.3 Å². The van der Waals surface area contributed by atoms with Gasteiger partial charge in [0.25, 0.3) is 5.96 Å². The summed E-state index contributed by atoms with van der Waals surface area (Å²) in [6.45, 7) is 5.70. The van der Waals surface area contributed by atoms with Gasteiger partial charge < -0.3 is 15.5 Å². The molecule has 1 aliphatic rings. The van der Waals surface area contributed by atoms with Crippen LogP contribution in [0, 0.1) is 11.4 Å². The maximum atomic E-state index is 13.8. The largest absolute Gasteiger partial charge is 0.446 e. The quantitative estimate of drug-likeness (QED) is 0.0856. The van der Waals surface area contributed by atoms with Crippen LogP contribution in [0.5, 0.6) is 0 Å². The van der Waals surface area contributed by atoms with Crippen molar-refractivity contribution in [1.82, 2.24) is 4.90 Å². The van der Waals surface area contributed by atoms with E-state index in [0.29, 0.717) is 18.2 Å². The summed E-state index contributed by atoms with van der Waals surface area (Å²) in [5, 5.41) is 6.50. The first-order valence-electron chi connectivity index (χ1n) is 13.1. The molecule has 0 saturated carbocycles. The molecule has 0 bridgehead atoms. The number of rotatable bonds is 5. The minimum Gasteiger partial charge on any atom is -0.446 e. The lowest BCUT2D eigenvalue weighted by atomic mass is 9.84. The Morgan fingerprint density at radius 2 is 1.50 bits per heavy atom. The second kappa shape index (κ2) is 12.5. The topological polar surface area (TPSA) is 107 Å². The van der Waals surface area contributed by atoms with Crippen molar-refractivity contribution in [2.75, 3.05) is 4.90 Å². The molecule has 17 heteroatoms. The number of carbonyl (C=O) groups excluding carboxylic acids is 1. The summed E-state index contributed by atoms with van der Waals surface area (Å²) >= 11 is 0. The maximum absolute atomic E-state index is 13.8. The third-order valence-electron chi connectivity index (χ3n) is 6.92. The number of carbonyl (C=O) groups is 1. The van der Waals surface area contributed by atoms with E-state index >= 15 is 0 Å². The number of hydrogen-bond donors (Lipinski definition) is 2. The van der Waals surface area contributed by atoms with Crippen LogP contribution in [0.1, 0.15) is 68.0 Å². The van der Waals surface area contributed by atoms with Crippen LogP contribution in [0.4, 0.5) is 50.0 Å². The molecule has 0 aliphatic carbocycles. The summed E-state index contributed by atoms with van der Waals surface area (Å²) in [6.07, 6.45) is -16.9. The number of hydrazone groups is 1. The van der Waals surface area contributed by atoms with Crippen molar-refractivity contribution >= 4 is 17.7 Å². The van der Waals surface area contributed by atoms with E-state index in [-0.39, 0.29) is 29.7 Å². The molecule has 0 spiro atoms. The average Bonchev–Trinajstić information content (AvgIpc) is 2.89. The van der Waals surface area contributed by atoms with Crippen LogP contribution >= 0.6 is 0 Å². The Bertz CT molecular complexity index is 1370. The first-order chi connectivity index (χ1) is 20.2. The monoisotopic (exact) mass is 640 g/mol. The number of hydrogen-bond acceptors (Lipinski definition) is 5. The molecule has 1 heterocycles. The van der Waals surface area contributed by atoms with Crippen molar-refractivity contribution in [3.8, 4) is 0 Å². The highest BCUT2D eigenvalue weighted by Gasteiger charge is 2.44. The number of ether oxygens (including phenoxy) is 1. The fourth-order valence-corrected chi connectivity index (χ4v) is 5.01. The lowest BCUT2D eigenvalue weighted by molar-refractivity contribution is -0.143. The zero-order valence-electron chi connectivity index (χ0n) is 23.8. The molecular formula is C27H29F9N6O2. The van der Waals surface area contributed by atoms with Gasteiger partial charge in [-0.15, -0.1) is 10.2 Å². The van der Waals surface area contributed by atoms with Crippen LogP contribution in [-0.2, 0) is 29.8 Å². The van der Waals surface area contributed by atoms with Crippen LogP contribution < -0.4 is 10.7 Å². The minimum atomic E-state index is -5.18. The molecule has 0 aromatic heterocycles. The van der Waals surface area contributed by atoms with Gasteiger partial charge in [0, 0.05) is 12.6 Å². The van der Waals surface area contributed by atoms with Gasteiger partial charge in [-0.05, 0) is 73.7 Å². The predicted octanol–water partition coefficient (Wildman–Crippen LogP) is 8.33. The van der Waals surface area contributed by atoms with E-state index in [0.717, 1.165) is 21.9 Å². The van der Waals surface area contributed by atoms with E-state index in [4.69, 9.17) is 16.1 Å². The third-order valence-corrected chi connectivity index (χ3v) is 6.92. The molecule has 0 radical (unpaired) electrons. The number of halogens is 9. The smallest absolute Gasteiger partial charge is 0.416 e. The average molecular weight is 641 g/mol. The molecule has 0 fully saturated rings. The van der Waals surface area contributed by atoms with Crippen molar-refractivity contribution in [3.63, 3.8) is 0 Å². The van der Waals surface area contributed by atoms with Crippen LogP contribution in [0.3, 0.4) is 0 Å². The zero-order valence-corrected chi connectivity index (χ0v) is 23.8. The molecule has 3 rings (SSSR count). The molecule has 0 unspecified atom stereocenters. The second-order valence-electron chi connectivity index (χ2n) is 10.7. The molecule has 44 heavy (non-hydrogen) atoms. The van der Waals surface area contributed by atoms with Crippen molar-refractivity contribution in [3.05, 3.63) is 64.2 Å².